The molecule has 4 atom stereocenters. The molecule has 5 rings (SSSR count). The zero-order valence-electron chi connectivity index (χ0n) is 27.0. The Labute approximate surface area is 259 Å². The lowest BCUT2D eigenvalue weighted by Gasteiger charge is -2.45. The lowest BCUT2D eigenvalue weighted by atomic mass is 9.58. The van der Waals surface area contributed by atoms with Crippen LogP contribution in [0, 0.1) is 29.1 Å². The van der Waals surface area contributed by atoms with Gasteiger partial charge in [-0.1, -0.05) is 133 Å². The van der Waals surface area contributed by atoms with Crippen LogP contribution in [-0.2, 0) is 5.41 Å². The summed E-state index contributed by atoms with van der Waals surface area (Å²) >= 11 is 3.92. The molecule has 0 amide bonds. The molecule has 0 heterocycles. The molecule has 41 heavy (non-hydrogen) atoms. The fraction of sp³-hybridized carbons (Fsp3) is 0.550. The van der Waals surface area contributed by atoms with Crippen molar-refractivity contribution >= 4 is 33.2 Å². The zero-order valence-corrected chi connectivity index (χ0v) is 28.6. The largest absolute Gasteiger partial charge is 0.0656 e. The van der Waals surface area contributed by atoms with Crippen LogP contribution in [0.3, 0.4) is 0 Å². The van der Waals surface area contributed by atoms with E-state index in [0.29, 0.717) is 23.7 Å². The molecular formula is C40H53Br. The number of hydrogen-bond acceptors (Lipinski definition) is 0. The van der Waals surface area contributed by atoms with Crippen LogP contribution in [0.4, 0.5) is 0 Å². The Morgan fingerprint density at radius 2 is 1.24 bits per heavy atom. The Balaban J connectivity index is 1.93. The van der Waals surface area contributed by atoms with E-state index in [0.717, 1.165) is 0 Å². The number of hydrogen-bond donors (Lipinski definition) is 0. The topological polar surface area (TPSA) is 0 Å². The number of rotatable bonds is 12. The number of allylic oxidation sites excluding steroid dienone is 4. The smallest absolute Gasteiger partial charge is 0.0226 e. The first-order valence-electron chi connectivity index (χ1n) is 16.7. The van der Waals surface area contributed by atoms with Crippen molar-refractivity contribution in [1.82, 2.24) is 0 Å². The number of halogens is 1. The summed E-state index contributed by atoms with van der Waals surface area (Å²) in [6.07, 6.45) is 15.2. The average Bonchev–Trinajstić information content (AvgIpc) is 3.46. The van der Waals surface area contributed by atoms with Gasteiger partial charge in [0.05, 0.1) is 0 Å². The van der Waals surface area contributed by atoms with Crippen molar-refractivity contribution in [3.05, 3.63) is 85.7 Å². The highest BCUT2D eigenvalue weighted by Gasteiger charge is 2.53. The fourth-order valence-electron chi connectivity index (χ4n) is 8.46. The molecule has 0 aliphatic heterocycles. The quantitative estimate of drug-likeness (QED) is 0.223. The highest BCUT2D eigenvalue weighted by Crippen LogP contribution is 2.64. The molecule has 0 spiro atoms. The van der Waals surface area contributed by atoms with Gasteiger partial charge in [0.25, 0.3) is 0 Å². The van der Waals surface area contributed by atoms with E-state index in [1.165, 1.54) is 71.8 Å². The highest BCUT2D eigenvalue weighted by atomic mass is 79.9. The molecule has 0 aromatic heterocycles. The second kappa shape index (κ2) is 12.0. The Bertz CT molecular complexity index is 1440. The predicted octanol–water partition coefficient (Wildman–Crippen LogP) is 10.8. The van der Waals surface area contributed by atoms with Crippen LogP contribution in [0.25, 0.3) is 17.2 Å². The first kappa shape index (κ1) is 30.6. The summed E-state index contributed by atoms with van der Waals surface area (Å²) < 4.78 is 1.21. The standard InChI is InChI=1S/C40H53Br/c1-9-26(5)21-39(22-27(6)10-2)25-35-33-18-17-31(41)20-36(33)40(23-28(7)11-3,24-29(8)12-4)38(35)34-19-30-15-13-14-16-32(30)37(34)39/h13-20,25-29H,9-12,21-24H2,1-8H3. The van der Waals surface area contributed by atoms with E-state index >= 15 is 0 Å². The monoisotopic (exact) mass is 612 g/mol. The van der Waals surface area contributed by atoms with Gasteiger partial charge in [-0.05, 0) is 111 Å². The van der Waals surface area contributed by atoms with Gasteiger partial charge in [0, 0.05) is 15.3 Å². The zero-order chi connectivity index (χ0) is 29.5. The Kier molecular flexibility index (Phi) is 8.97. The third-order valence-corrected chi connectivity index (χ3v) is 11.6. The first-order chi connectivity index (χ1) is 19.6. The van der Waals surface area contributed by atoms with Gasteiger partial charge in [-0.2, -0.15) is 0 Å². The molecule has 0 saturated heterocycles. The maximum atomic E-state index is 3.92. The third-order valence-electron chi connectivity index (χ3n) is 11.1. The van der Waals surface area contributed by atoms with Gasteiger partial charge in [0.15, 0.2) is 0 Å². The maximum absolute atomic E-state index is 3.92. The Hall–Kier alpha value is -1.86. The van der Waals surface area contributed by atoms with Gasteiger partial charge in [0.2, 0.25) is 0 Å². The van der Waals surface area contributed by atoms with Crippen LogP contribution in [0.2, 0.25) is 0 Å². The van der Waals surface area contributed by atoms with Crippen molar-refractivity contribution in [2.24, 2.45) is 29.1 Å². The number of benzene rings is 2. The van der Waals surface area contributed by atoms with E-state index < -0.39 is 0 Å². The second-order valence-electron chi connectivity index (χ2n) is 14.3. The summed E-state index contributed by atoms with van der Waals surface area (Å²) in [5, 5.41) is 2.92. The summed E-state index contributed by atoms with van der Waals surface area (Å²) in [5.74, 6) is 2.68. The van der Waals surface area contributed by atoms with Gasteiger partial charge in [-0.25, -0.2) is 0 Å². The van der Waals surface area contributed by atoms with Crippen LogP contribution < -0.4 is 10.4 Å². The molecule has 1 heteroatoms. The van der Waals surface area contributed by atoms with Crippen LogP contribution in [0.5, 0.6) is 0 Å². The number of fused-ring (bicyclic) bond motifs is 5. The molecule has 0 saturated carbocycles. The summed E-state index contributed by atoms with van der Waals surface area (Å²) in [5.41, 5.74) is 9.61. The SMILES string of the molecule is CCC(C)CC1(CC(C)CC)C=C2C(=C3C=c4ccccc4=C31)C(CC(C)CC)(CC(C)CC)c1cc(Br)ccc12. The van der Waals surface area contributed by atoms with Crippen molar-refractivity contribution in [1.29, 1.82) is 0 Å². The molecular weight excluding hydrogens is 560 g/mol. The molecule has 0 fully saturated rings. The van der Waals surface area contributed by atoms with E-state index in [4.69, 9.17) is 0 Å². The minimum Gasteiger partial charge on any atom is -0.0656 e. The second-order valence-corrected chi connectivity index (χ2v) is 15.2. The van der Waals surface area contributed by atoms with Gasteiger partial charge in [0.1, 0.15) is 0 Å². The van der Waals surface area contributed by atoms with E-state index in [2.05, 4.69) is 126 Å². The molecule has 220 valence electrons. The highest BCUT2D eigenvalue weighted by molar-refractivity contribution is 9.10. The van der Waals surface area contributed by atoms with Crippen molar-refractivity contribution in [3.63, 3.8) is 0 Å². The van der Waals surface area contributed by atoms with Gasteiger partial charge >= 0.3 is 0 Å². The summed E-state index contributed by atoms with van der Waals surface area (Å²) in [6, 6.07) is 16.6. The van der Waals surface area contributed by atoms with Crippen LogP contribution in [-0.4, -0.2) is 0 Å². The van der Waals surface area contributed by atoms with Crippen molar-refractivity contribution in [3.8, 4) is 0 Å². The third kappa shape index (κ3) is 5.28. The van der Waals surface area contributed by atoms with Crippen molar-refractivity contribution in [2.45, 2.75) is 112 Å². The van der Waals surface area contributed by atoms with Crippen LogP contribution >= 0.6 is 15.9 Å². The van der Waals surface area contributed by atoms with Gasteiger partial charge in [-0.3, -0.25) is 0 Å². The van der Waals surface area contributed by atoms with Crippen LogP contribution in [0.15, 0.2) is 64.2 Å². The van der Waals surface area contributed by atoms with Gasteiger partial charge in [-0.15, -0.1) is 0 Å². The van der Waals surface area contributed by atoms with E-state index in [1.54, 1.807) is 27.9 Å². The Morgan fingerprint density at radius 1 is 0.683 bits per heavy atom. The molecule has 0 bridgehead atoms. The molecule has 0 N–H and O–H groups in total. The summed E-state index contributed by atoms with van der Waals surface area (Å²) in [7, 11) is 0. The fourth-order valence-corrected chi connectivity index (χ4v) is 8.82. The summed E-state index contributed by atoms with van der Waals surface area (Å²) in [6.45, 7) is 19.5. The molecule has 0 radical (unpaired) electrons. The van der Waals surface area contributed by atoms with Crippen molar-refractivity contribution in [2.75, 3.05) is 0 Å². The minimum atomic E-state index is 0.0355. The van der Waals surface area contributed by atoms with Crippen molar-refractivity contribution < 1.29 is 0 Å². The van der Waals surface area contributed by atoms with E-state index in [1.807, 2.05) is 0 Å². The lowest BCUT2D eigenvalue weighted by molar-refractivity contribution is 0.289. The van der Waals surface area contributed by atoms with Crippen LogP contribution in [0.1, 0.15) is 118 Å². The van der Waals surface area contributed by atoms with E-state index in [9.17, 15) is 0 Å². The van der Waals surface area contributed by atoms with E-state index in [-0.39, 0.29) is 10.8 Å². The normalized spacial score (nSPS) is 25.5. The molecule has 4 unspecified atom stereocenters. The first-order valence-corrected chi connectivity index (χ1v) is 17.5. The molecule has 3 aliphatic rings. The Morgan fingerprint density at radius 3 is 1.83 bits per heavy atom. The molecule has 3 aliphatic carbocycles. The lowest BCUT2D eigenvalue weighted by Crippen LogP contribution is -2.37. The maximum Gasteiger partial charge on any atom is 0.0226 e. The molecule has 2 aromatic carbocycles. The average molecular weight is 614 g/mol. The minimum absolute atomic E-state index is 0.0355. The molecule has 0 nitrogen and oxygen atoms in total. The van der Waals surface area contributed by atoms with Gasteiger partial charge < -0.3 is 0 Å². The molecule has 2 aromatic rings. The summed E-state index contributed by atoms with van der Waals surface area (Å²) in [4.78, 5) is 0. The predicted molar refractivity (Wildman–Crippen MR) is 183 cm³/mol.